The van der Waals surface area contributed by atoms with Gasteiger partial charge < -0.3 is 19.6 Å². The summed E-state index contributed by atoms with van der Waals surface area (Å²) in [5, 5.41) is 11.6. The maximum absolute atomic E-state index is 9.91. The number of rotatable bonds is 6. The molecule has 6 heteroatoms. The summed E-state index contributed by atoms with van der Waals surface area (Å²) in [6.45, 7) is 0. The third-order valence-electron chi connectivity index (χ3n) is 7.29. The summed E-state index contributed by atoms with van der Waals surface area (Å²) in [6, 6.07) is 49.8. The zero-order valence-corrected chi connectivity index (χ0v) is 22.7. The average molecular weight is 549 g/mol. The minimum atomic E-state index is 0.215. The van der Waals surface area contributed by atoms with E-state index in [1.807, 2.05) is 109 Å². The molecule has 0 spiro atoms. The highest BCUT2D eigenvalue weighted by molar-refractivity contribution is 5.86. The van der Waals surface area contributed by atoms with Crippen molar-refractivity contribution < 1.29 is 9.84 Å². The number of hydrogen-bond donors (Lipinski definition) is 2. The molecule has 0 atom stereocenters. The highest BCUT2D eigenvalue weighted by Gasteiger charge is 2.26. The first kappa shape index (κ1) is 25.3. The SMILES string of the molecule is NN1c2ccc(N(c3ccccc3)c3ccccc3)cc2Oc2cc(N(c3ccccc3)c3ccc(O)cc3)ccc21. The quantitative estimate of drug-likeness (QED) is 0.202. The lowest BCUT2D eigenvalue weighted by Gasteiger charge is -2.32. The molecule has 42 heavy (non-hydrogen) atoms. The number of fused-ring (bicyclic) bond motifs is 2. The van der Waals surface area contributed by atoms with E-state index >= 15 is 0 Å². The van der Waals surface area contributed by atoms with E-state index in [0.717, 1.165) is 45.5 Å². The summed E-state index contributed by atoms with van der Waals surface area (Å²) in [7, 11) is 0. The Morgan fingerprint density at radius 3 is 1.21 bits per heavy atom. The number of ether oxygens (including phenoxy) is 1. The third-order valence-corrected chi connectivity index (χ3v) is 7.29. The van der Waals surface area contributed by atoms with Crippen molar-refractivity contribution in [2.45, 2.75) is 0 Å². The summed E-state index contributed by atoms with van der Waals surface area (Å²) in [4.78, 5) is 4.31. The van der Waals surface area contributed by atoms with E-state index in [2.05, 4.69) is 40.1 Å². The van der Waals surface area contributed by atoms with Gasteiger partial charge in [0, 0.05) is 46.3 Å². The predicted molar refractivity (Wildman–Crippen MR) is 170 cm³/mol. The Morgan fingerprint density at radius 1 is 0.452 bits per heavy atom. The molecule has 1 heterocycles. The first-order chi connectivity index (χ1) is 20.7. The standard InChI is InChI=1S/C36H28N4O2/c37-40-33-22-18-30(38(26-10-4-1-5-11-26)27-12-6-2-7-13-27)24-35(33)42-36-25-31(19-23-34(36)40)39(28-14-8-3-9-15-28)29-16-20-32(41)21-17-29/h1-25,41H,37H2. The van der Waals surface area contributed by atoms with Gasteiger partial charge in [-0.3, -0.25) is 5.01 Å². The first-order valence-corrected chi connectivity index (χ1v) is 13.7. The Labute approximate surface area is 244 Å². The van der Waals surface area contributed by atoms with E-state index in [9.17, 15) is 5.11 Å². The predicted octanol–water partition coefficient (Wildman–Crippen LogP) is 9.45. The molecule has 0 aromatic heterocycles. The van der Waals surface area contributed by atoms with Crippen molar-refractivity contribution in [3.05, 3.63) is 152 Å². The Balaban J connectivity index is 1.30. The molecule has 1 aliphatic rings. The largest absolute Gasteiger partial charge is 0.508 e. The fraction of sp³-hybridized carbons (Fsp3) is 0. The number of nitrogens with two attached hydrogens (primary N) is 1. The highest BCUT2D eigenvalue weighted by Crippen LogP contribution is 2.49. The molecule has 0 saturated heterocycles. The second-order valence-electron chi connectivity index (χ2n) is 9.97. The lowest BCUT2D eigenvalue weighted by molar-refractivity contribution is 0.474. The van der Waals surface area contributed by atoms with E-state index in [-0.39, 0.29) is 5.75 Å². The summed E-state index contributed by atoms with van der Waals surface area (Å²) in [6.07, 6.45) is 0. The topological polar surface area (TPSA) is 65.2 Å². The molecule has 0 saturated carbocycles. The molecule has 6 nitrogen and oxygen atoms in total. The van der Waals surface area contributed by atoms with E-state index < -0.39 is 0 Å². The van der Waals surface area contributed by atoms with Crippen molar-refractivity contribution in [1.29, 1.82) is 0 Å². The molecule has 1 aliphatic heterocycles. The van der Waals surface area contributed by atoms with Gasteiger partial charge in [-0.1, -0.05) is 54.6 Å². The Bertz CT molecular complexity index is 1790. The van der Waals surface area contributed by atoms with Crippen LogP contribution < -0.4 is 25.4 Å². The van der Waals surface area contributed by atoms with Crippen molar-refractivity contribution in [3.8, 4) is 17.2 Å². The summed E-state index contributed by atoms with van der Waals surface area (Å²) < 4.78 is 6.58. The number of hydrazine groups is 1. The normalized spacial score (nSPS) is 11.7. The highest BCUT2D eigenvalue weighted by atomic mass is 16.5. The van der Waals surface area contributed by atoms with Crippen LogP contribution in [-0.4, -0.2) is 5.11 Å². The van der Waals surface area contributed by atoms with Crippen LogP contribution in [-0.2, 0) is 0 Å². The van der Waals surface area contributed by atoms with Crippen LogP contribution in [0.15, 0.2) is 152 Å². The number of hydrogen-bond acceptors (Lipinski definition) is 6. The molecule has 3 N–H and O–H groups in total. The molecule has 6 aromatic carbocycles. The second kappa shape index (κ2) is 10.7. The molecule has 0 fully saturated rings. The molecule has 204 valence electrons. The lowest BCUT2D eigenvalue weighted by Crippen LogP contribution is -2.28. The van der Waals surface area contributed by atoms with Crippen LogP contribution >= 0.6 is 0 Å². The maximum atomic E-state index is 9.91. The number of phenols is 1. The van der Waals surface area contributed by atoms with Crippen molar-refractivity contribution in [3.63, 3.8) is 0 Å². The summed E-state index contributed by atoms with van der Waals surface area (Å²) >= 11 is 0. The van der Waals surface area contributed by atoms with Crippen molar-refractivity contribution in [2.75, 3.05) is 14.8 Å². The van der Waals surface area contributed by atoms with Crippen molar-refractivity contribution >= 4 is 45.5 Å². The van der Waals surface area contributed by atoms with Gasteiger partial charge in [0.05, 0.1) is 0 Å². The molecule has 6 aromatic rings. The van der Waals surface area contributed by atoms with Gasteiger partial charge in [-0.15, -0.1) is 0 Å². The molecule has 0 amide bonds. The van der Waals surface area contributed by atoms with Crippen LogP contribution in [0, 0.1) is 0 Å². The fourth-order valence-electron chi connectivity index (χ4n) is 5.32. The van der Waals surface area contributed by atoms with Crippen molar-refractivity contribution in [2.24, 2.45) is 5.84 Å². The van der Waals surface area contributed by atoms with Gasteiger partial charge in [-0.25, -0.2) is 5.84 Å². The number of anilines is 8. The lowest BCUT2D eigenvalue weighted by atomic mass is 10.1. The van der Waals surface area contributed by atoms with Crippen LogP contribution in [0.3, 0.4) is 0 Å². The smallest absolute Gasteiger partial charge is 0.154 e. The molecule has 0 bridgehead atoms. The van der Waals surface area contributed by atoms with Gasteiger partial charge in [0.1, 0.15) is 17.1 Å². The molecule has 0 unspecified atom stereocenters. The van der Waals surface area contributed by atoms with Crippen LogP contribution in [0.25, 0.3) is 0 Å². The number of phenolic OH excluding ortho intramolecular Hbond substituents is 1. The number of para-hydroxylation sites is 3. The van der Waals surface area contributed by atoms with Gasteiger partial charge in [-0.2, -0.15) is 0 Å². The first-order valence-electron chi connectivity index (χ1n) is 13.7. The number of benzene rings is 6. The van der Waals surface area contributed by atoms with Gasteiger partial charge in [-0.05, 0) is 84.9 Å². The van der Waals surface area contributed by atoms with Gasteiger partial charge in [0.15, 0.2) is 11.5 Å². The van der Waals surface area contributed by atoms with E-state index in [1.165, 1.54) is 0 Å². The fourth-order valence-corrected chi connectivity index (χ4v) is 5.32. The van der Waals surface area contributed by atoms with Crippen LogP contribution in [0.5, 0.6) is 17.2 Å². The molecular weight excluding hydrogens is 520 g/mol. The van der Waals surface area contributed by atoms with Crippen molar-refractivity contribution in [1.82, 2.24) is 0 Å². The van der Waals surface area contributed by atoms with Gasteiger partial charge >= 0.3 is 0 Å². The average Bonchev–Trinajstić information content (AvgIpc) is 3.04. The Kier molecular flexibility index (Phi) is 6.43. The minimum Gasteiger partial charge on any atom is -0.508 e. The van der Waals surface area contributed by atoms with Crippen LogP contribution in [0.1, 0.15) is 0 Å². The van der Waals surface area contributed by atoms with E-state index in [1.54, 1.807) is 17.1 Å². The molecule has 7 rings (SSSR count). The van der Waals surface area contributed by atoms with Gasteiger partial charge in [0.2, 0.25) is 0 Å². The zero-order valence-electron chi connectivity index (χ0n) is 22.7. The van der Waals surface area contributed by atoms with Crippen LogP contribution in [0.2, 0.25) is 0 Å². The zero-order chi connectivity index (χ0) is 28.5. The summed E-state index contributed by atoms with van der Waals surface area (Å²) in [5.41, 5.74) is 7.36. The van der Waals surface area contributed by atoms with E-state index in [0.29, 0.717) is 11.5 Å². The maximum Gasteiger partial charge on any atom is 0.154 e. The molecule has 0 aliphatic carbocycles. The van der Waals surface area contributed by atoms with Gasteiger partial charge in [0.25, 0.3) is 0 Å². The third kappa shape index (κ3) is 4.66. The monoisotopic (exact) mass is 548 g/mol. The summed E-state index contributed by atoms with van der Waals surface area (Å²) in [5.74, 6) is 8.19. The number of aromatic hydroxyl groups is 1. The molecule has 0 radical (unpaired) electrons. The minimum absolute atomic E-state index is 0.215. The Morgan fingerprint density at radius 2 is 0.810 bits per heavy atom. The van der Waals surface area contributed by atoms with Crippen LogP contribution in [0.4, 0.5) is 45.5 Å². The number of nitrogens with zero attached hydrogens (tertiary/aromatic N) is 3. The Hall–Kier alpha value is -5.72. The second-order valence-corrected chi connectivity index (χ2v) is 9.97. The van der Waals surface area contributed by atoms with E-state index in [4.69, 9.17) is 10.6 Å². The molecular formula is C36H28N4O2.